The highest BCUT2D eigenvalue weighted by molar-refractivity contribution is 7.18. The van der Waals surface area contributed by atoms with Crippen LogP contribution in [0, 0.1) is 6.92 Å². The Kier molecular flexibility index (Phi) is 1.98. The summed E-state index contributed by atoms with van der Waals surface area (Å²) in [5, 5.41) is 12.1. The molecule has 2 rings (SSSR count). The molecular formula is C10H11NOS. The Balaban J connectivity index is 2.87. The van der Waals surface area contributed by atoms with Crippen molar-refractivity contribution in [3.63, 3.8) is 0 Å². The highest BCUT2D eigenvalue weighted by Crippen LogP contribution is 2.33. The zero-order valence-electron chi connectivity index (χ0n) is 7.37. The molecule has 1 heterocycles. The van der Waals surface area contributed by atoms with Crippen molar-refractivity contribution in [3.05, 3.63) is 28.6 Å². The summed E-state index contributed by atoms with van der Waals surface area (Å²) in [5.41, 5.74) is 8.77. The first-order valence-electron chi connectivity index (χ1n) is 4.10. The highest BCUT2D eigenvalue weighted by Gasteiger charge is 2.07. The van der Waals surface area contributed by atoms with E-state index < -0.39 is 0 Å². The minimum absolute atomic E-state index is 0.0801. The van der Waals surface area contributed by atoms with Crippen LogP contribution < -0.4 is 5.73 Å². The number of anilines is 1. The van der Waals surface area contributed by atoms with Crippen LogP contribution in [-0.2, 0) is 6.61 Å². The number of benzene rings is 1. The number of hydrogen-bond acceptors (Lipinski definition) is 3. The molecule has 0 fully saturated rings. The van der Waals surface area contributed by atoms with E-state index in [1.807, 2.05) is 24.4 Å². The fraction of sp³-hybridized carbons (Fsp3) is 0.200. The zero-order valence-corrected chi connectivity index (χ0v) is 8.19. The summed E-state index contributed by atoms with van der Waals surface area (Å²) >= 11 is 1.59. The number of nitrogen functional groups attached to an aromatic ring is 1. The molecule has 3 heteroatoms. The summed E-state index contributed by atoms with van der Waals surface area (Å²) in [5.74, 6) is 0. The van der Waals surface area contributed by atoms with E-state index in [4.69, 9.17) is 10.8 Å². The molecule has 0 aliphatic rings. The van der Waals surface area contributed by atoms with E-state index in [-0.39, 0.29) is 6.61 Å². The van der Waals surface area contributed by atoms with E-state index in [0.717, 1.165) is 21.3 Å². The normalized spacial score (nSPS) is 10.9. The van der Waals surface area contributed by atoms with Gasteiger partial charge >= 0.3 is 0 Å². The van der Waals surface area contributed by atoms with Crippen LogP contribution in [-0.4, -0.2) is 5.11 Å². The lowest BCUT2D eigenvalue weighted by atomic mass is 10.1. The van der Waals surface area contributed by atoms with Crippen LogP contribution in [0.25, 0.3) is 10.1 Å². The van der Waals surface area contributed by atoms with Crippen molar-refractivity contribution in [3.8, 4) is 0 Å². The highest BCUT2D eigenvalue weighted by atomic mass is 32.1. The van der Waals surface area contributed by atoms with Crippen LogP contribution in [0.2, 0.25) is 0 Å². The Morgan fingerprint density at radius 3 is 2.92 bits per heavy atom. The van der Waals surface area contributed by atoms with Crippen molar-refractivity contribution in [2.45, 2.75) is 13.5 Å². The molecule has 0 aliphatic heterocycles. The van der Waals surface area contributed by atoms with Crippen molar-refractivity contribution < 1.29 is 5.11 Å². The first kappa shape index (κ1) is 8.53. The van der Waals surface area contributed by atoms with Gasteiger partial charge in [-0.05, 0) is 18.1 Å². The van der Waals surface area contributed by atoms with Crippen molar-refractivity contribution in [2.24, 2.45) is 0 Å². The predicted molar refractivity (Wildman–Crippen MR) is 56.9 cm³/mol. The zero-order chi connectivity index (χ0) is 9.42. The molecule has 0 amide bonds. The van der Waals surface area contributed by atoms with Gasteiger partial charge < -0.3 is 10.8 Å². The largest absolute Gasteiger partial charge is 0.398 e. The number of fused-ring (bicyclic) bond motifs is 1. The number of rotatable bonds is 1. The molecule has 0 bridgehead atoms. The second-order valence-electron chi connectivity index (χ2n) is 3.09. The van der Waals surface area contributed by atoms with Crippen LogP contribution in [0.5, 0.6) is 0 Å². The van der Waals surface area contributed by atoms with Crippen molar-refractivity contribution in [2.75, 3.05) is 5.73 Å². The van der Waals surface area contributed by atoms with E-state index in [2.05, 4.69) is 0 Å². The Labute approximate surface area is 80.6 Å². The summed E-state index contributed by atoms with van der Waals surface area (Å²) < 4.78 is 1.11. The average Bonchev–Trinajstić information content (AvgIpc) is 2.50. The van der Waals surface area contributed by atoms with Gasteiger partial charge in [0.15, 0.2) is 0 Å². The molecule has 13 heavy (non-hydrogen) atoms. The molecule has 0 radical (unpaired) electrons. The molecule has 3 N–H and O–H groups in total. The summed E-state index contributed by atoms with van der Waals surface area (Å²) in [6.45, 7) is 2.11. The fourth-order valence-electron chi connectivity index (χ4n) is 1.52. The summed E-state index contributed by atoms with van der Waals surface area (Å²) in [6.07, 6.45) is 0. The maximum absolute atomic E-state index is 9.10. The molecule has 1 aromatic carbocycles. The second-order valence-corrected chi connectivity index (χ2v) is 3.97. The molecule has 0 aliphatic carbocycles. The molecule has 0 saturated carbocycles. The lowest BCUT2D eigenvalue weighted by molar-refractivity contribution is 0.283. The van der Waals surface area contributed by atoms with Gasteiger partial charge in [-0.2, -0.15) is 0 Å². The van der Waals surface area contributed by atoms with Crippen molar-refractivity contribution >= 4 is 27.1 Å². The SMILES string of the molecule is Cc1ccc(CO)c2scc(N)c12. The third-order valence-corrected chi connectivity index (χ3v) is 3.28. The number of nitrogens with two attached hydrogens (primary N) is 1. The quantitative estimate of drug-likeness (QED) is 0.730. The molecule has 2 aromatic rings. The average molecular weight is 193 g/mol. The molecule has 0 spiro atoms. The third kappa shape index (κ3) is 1.20. The summed E-state index contributed by atoms with van der Waals surface area (Å²) in [4.78, 5) is 0. The molecule has 2 nitrogen and oxygen atoms in total. The van der Waals surface area contributed by atoms with E-state index >= 15 is 0 Å². The summed E-state index contributed by atoms with van der Waals surface area (Å²) in [7, 11) is 0. The smallest absolute Gasteiger partial charge is 0.0695 e. The molecule has 0 saturated heterocycles. The predicted octanol–water partition coefficient (Wildman–Crippen LogP) is 2.28. The van der Waals surface area contributed by atoms with E-state index in [1.165, 1.54) is 5.56 Å². The van der Waals surface area contributed by atoms with Crippen molar-refractivity contribution in [1.82, 2.24) is 0 Å². The fourth-order valence-corrected chi connectivity index (χ4v) is 2.57. The number of hydrogen-bond donors (Lipinski definition) is 2. The van der Waals surface area contributed by atoms with Gasteiger partial charge in [0.1, 0.15) is 0 Å². The van der Waals surface area contributed by atoms with Gasteiger partial charge in [-0.1, -0.05) is 12.1 Å². The van der Waals surface area contributed by atoms with Crippen LogP contribution >= 0.6 is 11.3 Å². The Morgan fingerprint density at radius 2 is 2.23 bits per heavy atom. The van der Waals surface area contributed by atoms with Gasteiger partial charge in [0, 0.05) is 15.5 Å². The lowest BCUT2D eigenvalue weighted by Crippen LogP contribution is -1.87. The molecular weight excluding hydrogens is 182 g/mol. The van der Waals surface area contributed by atoms with Gasteiger partial charge in [0.2, 0.25) is 0 Å². The van der Waals surface area contributed by atoms with E-state index in [1.54, 1.807) is 11.3 Å². The van der Waals surface area contributed by atoms with Crippen LogP contribution in [0.3, 0.4) is 0 Å². The summed E-state index contributed by atoms with van der Waals surface area (Å²) in [6, 6.07) is 3.95. The Hall–Kier alpha value is -1.06. The molecule has 0 atom stereocenters. The number of thiophene rings is 1. The van der Waals surface area contributed by atoms with Crippen LogP contribution in [0.4, 0.5) is 5.69 Å². The van der Waals surface area contributed by atoms with Gasteiger partial charge in [-0.25, -0.2) is 0 Å². The number of aliphatic hydroxyl groups is 1. The van der Waals surface area contributed by atoms with Gasteiger partial charge in [-0.15, -0.1) is 11.3 Å². The second kappa shape index (κ2) is 3.01. The number of aliphatic hydroxyl groups excluding tert-OH is 1. The van der Waals surface area contributed by atoms with Crippen LogP contribution in [0.1, 0.15) is 11.1 Å². The monoisotopic (exact) mass is 193 g/mol. The van der Waals surface area contributed by atoms with Crippen LogP contribution in [0.15, 0.2) is 17.5 Å². The first-order valence-corrected chi connectivity index (χ1v) is 4.98. The maximum atomic E-state index is 9.10. The standard InChI is InChI=1S/C10H11NOS/c1-6-2-3-7(4-12)10-9(6)8(11)5-13-10/h2-3,5,12H,4,11H2,1H3. The lowest BCUT2D eigenvalue weighted by Gasteiger charge is -2.02. The molecule has 68 valence electrons. The van der Waals surface area contributed by atoms with Gasteiger partial charge in [-0.3, -0.25) is 0 Å². The van der Waals surface area contributed by atoms with E-state index in [0.29, 0.717) is 0 Å². The maximum Gasteiger partial charge on any atom is 0.0695 e. The Morgan fingerprint density at radius 1 is 1.46 bits per heavy atom. The third-order valence-electron chi connectivity index (χ3n) is 2.21. The molecule has 0 unspecified atom stereocenters. The Bertz CT molecular complexity index is 447. The minimum atomic E-state index is 0.0801. The minimum Gasteiger partial charge on any atom is -0.398 e. The van der Waals surface area contributed by atoms with Gasteiger partial charge in [0.25, 0.3) is 0 Å². The topological polar surface area (TPSA) is 46.2 Å². The first-order chi connectivity index (χ1) is 6.24. The van der Waals surface area contributed by atoms with Gasteiger partial charge in [0.05, 0.1) is 12.3 Å². The molecule has 1 aromatic heterocycles. The van der Waals surface area contributed by atoms with E-state index in [9.17, 15) is 0 Å². The number of aryl methyl sites for hydroxylation is 1. The van der Waals surface area contributed by atoms with Crippen molar-refractivity contribution in [1.29, 1.82) is 0 Å².